The van der Waals surface area contributed by atoms with Crippen LogP contribution in [0.3, 0.4) is 0 Å². The molecule has 0 aliphatic carbocycles. The van der Waals surface area contributed by atoms with Crippen molar-refractivity contribution in [1.82, 2.24) is 14.8 Å². The summed E-state index contributed by atoms with van der Waals surface area (Å²) in [5.74, 6) is 0.254. The second-order valence-electron chi connectivity index (χ2n) is 7.69. The molecule has 24 heavy (non-hydrogen) atoms. The highest BCUT2D eigenvalue weighted by Crippen LogP contribution is 2.40. The van der Waals surface area contributed by atoms with Crippen LogP contribution in [-0.4, -0.2) is 66.1 Å². The second kappa shape index (κ2) is 6.81. The molecule has 1 amide bonds. The molecule has 0 unspecified atom stereocenters. The van der Waals surface area contributed by atoms with E-state index in [4.69, 9.17) is 4.74 Å². The summed E-state index contributed by atoms with van der Waals surface area (Å²) in [5.41, 5.74) is 1.32. The number of nitrogens with zero attached hydrogens (tertiary/aromatic N) is 3. The van der Waals surface area contributed by atoms with Crippen molar-refractivity contribution in [3.05, 3.63) is 30.1 Å². The van der Waals surface area contributed by atoms with Gasteiger partial charge in [-0.15, -0.1) is 0 Å². The summed E-state index contributed by atoms with van der Waals surface area (Å²) in [6.07, 6.45) is 8.81. The number of ether oxygens (including phenoxy) is 1. The molecule has 0 radical (unpaired) electrons. The van der Waals surface area contributed by atoms with Crippen molar-refractivity contribution in [1.29, 1.82) is 0 Å². The molecule has 1 aromatic rings. The van der Waals surface area contributed by atoms with E-state index >= 15 is 0 Å². The zero-order valence-electron chi connectivity index (χ0n) is 14.3. The minimum atomic E-state index is 0.254. The molecule has 1 spiro atoms. The largest absolute Gasteiger partial charge is 0.380 e. The van der Waals surface area contributed by atoms with Crippen molar-refractivity contribution in [2.45, 2.75) is 38.1 Å². The molecule has 3 saturated heterocycles. The molecule has 4 rings (SSSR count). The lowest BCUT2D eigenvalue weighted by Crippen LogP contribution is -2.48. The monoisotopic (exact) mass is 329 g/mol. The Labute approximate surface area is 144 Å². The number of carbonyl (C=O) groups is 1. The van der Waals surface area contributed by atoms with E-state index in [-0.39, 0.29) is 5.91 Å². The van der Waals surface area contributed by atoms with Crippen LogP contribution in [0.25, 0.3) is 0 Å². The Hall–Kier alpha value is -1.46. The molecule has 3 aliphatic heterocycles. The molecule has 1 aromatic heterocycles. The Morgan fingerprint density at radius 1 is 1.33 bits per heavy atom. The summed E-state index contributed by atoms with van der Waals surface area (Å²) >= 11 is 0. The van der Waals surface area contributed by atoms with Crippen molar-refractivity contribution < 1.29 is 9.53 Å². The molecule has 0 aromatic carbocycles. The van der Waals surface area contributed by atoms with Gasteiger partial charge in [-0.3, -0.25) is 14.7 Å². The van der Waals surface area contributed by atoms with E-state index in [9.17, 15) is 4.79 Å². The normalized spacial score (nSPS) is 31.0. The minimum Gasteiger partial charge on any atom is -0.380 e. The fourth-order valence-electron chi connectivity index (χ4n) is 4.63. The number of rotatable bonds is 3. The number of carbonyl (C=O) groups excluding carboxylic acids is 1. The van der Waals surface area contributed by atoms with Crippen molar-refractivity contribution in [2.75, 3.05) is 39.4 Å². The Bertz CT molecular complexity index is 573. The van der Waals surface area contributed by atoms with Crippen LogP contribution in [0.15, 0.2) is 24.5 Å². The summed E-state index contributed by atoms with van der Waals surface area (Å²) in [5, 5.41) is 0. The number of likely N-dealkylation sites (tertiary alicyclic amines) is 2. The second-order valence-corrected chi connectivity index (χ2v) is 7.69. The molecule has 0 N–H and O–H groups in total. The number of pyridine rings is 1. The third-order valence-corrected chi connectivity index (χ3v) is 5.98. The molecule has 5 nitrogen and oxygen atoms in total. The average Bonchev–Trinajstić information content (AvgIpc) is 3.26. The zero-order valence-corrected chi connectivity index (χ0v) is 14.3. The van der Waals surface area contributed by atoms with E-state index in [2.05, 4.69) is 14.8 Å². The van der Waals surface area contributed by atoms with Gasteiger partial charge in [0.2, 0.25) is 5.91 Å². The van der Waals surface area contributed by atoms with Crippen molar-refractivity contribution in [2.24, 2.45) is 5.41 Å². The molecule has 0 saturated carbocycles. The van der Waals surface area contributed by atoms with Gasteiger partial charge in [0.05, 0.1) is 13.0 Å². The number of piperidine rings is 1. The zero-order chi connectivity index (χ0) is 16.4. The maximum Gasteiger partial charge on any atom is 0.227 e. The van der Waals surface area contributed by atoms with E-state index < -0.39 is 0 Å². The molecular formula is C19H27N3O2. The molecule has 0 bridgehead atoms. The number of aromatic nitrogens is 1. The molecule has 5 heteroatoms. The van der Waals surface area contributed by atoms with E-state index in [1.54, 1.807) is 12.4 Å². The van der Waals surface area contributed by atoms with Gasteiger partial charge in [-0.1, -0.05) is 6.07 Å². The Morgan fingerprint density at radius 3 is 3.08 bits per heavy atom. The van der Waals surface area contributed by atoms with Gasteiger partial charge in [-0.25, -0.2) is 0 Å². The smallest absolute Gasteiger partial charge is 0.227 e. The first-order valence-corrected chi connectivity index (χ1v) is 9.23. The molecule has 3 fully saturated rings. The van der Waals surface area contributed by atoms with Gasteiger partial charge in [0.1, 0.15) is 0 Å². The lowest BCUT2D eigenvalue weighted by molar-refractivity contribution is -0.133. The van der Waals surface area contributed by atoms with Crippen LogP contribution in [0.4, 0.5) is 0 Å². The standard InChI is InChI=1S/C19H27N3O2/c23-18(11-16-3-1-7-20-12-16)22-8-2-5-19(15-22)6-9-21(14-19)17-4-10-24-13-17/h1,3,7,12,17H,2,4-6,8-11,13-15H2/t17-,19+/m0/s1. The van der Waals surface area contributed by atoms with Gasteiger partial charge in [0.25, 0.3) is 0 Å². The van der Waals surface area contributed by atoms with Crippen molar-refractivity contribution in [3.63, 3.8) is 0 Å². The first-order valence-electron chi connectivity index (χ1n) is 9.23. The van der Waals surface area contributed by atoms with Gasteiger partial charge in [0.15, 0.2) is 0 Å². The number of amides is 1. The summed E-state index contributed by atoms with van der Waals surface area (Å²) in [4.78, 5) is 21.5. The van der Waals surface area contributed by atoms with Gasteiger partial charge in [-0.2, -0.15) is 0 Å². The fourth-order valence-corrected chi connectivity index (χ4v) is 4.63. The molecule has 3 aliphatic rings. The Balaban J connectivity index is 1.37. The van der Waals surface area contributed by atoms with Gasteiger partial charge in [0, 0.05) is 50.1 Å². The molecule has 130 valence electrons. The van der Waals surface area contributed by atoms with Crippen LogP contribution in [0.1, 0.15) is 31.2 Å². The lowest BCUT2D eigenvalue weighted by atomic mass is 9.79. The predicted molar refractivity (Wildman–Crippen MR) is 91.6 cm³/mol. The maximum absolute atomic E-state index is 12.7. The minimum absolute atomic E-state index is 0.254. The van der Waals surface area contributed by atoms with Crippen molar-refractivity contribution >= 4 is 5.91 Å². The first kappa shape index (κ1) is 16.0. The quantitative estimate of drug-likeness (QED) is 0.847. The Morgan fingerprint density at radius 2 is 2.29 bits per heavy atom. The van der Waals surface area contributed by atoms with Crippen molar-refractivity contribution in [3.8, 4) is 0 Å². The highest BCUT2D eigenvalue weighted by atomic mass is 16.5. The molecule has 2 atom stereocenters. The highest BCUT2D eigenvalue weighted by Gasteiger charge is 2.44. The lowest BCUT2D eigenvalue weighted by Gasteiger charge is -2.41. The molecular weight excluding hydrogens is 302 g/mol. The maximum atomic E-state index is 12.7. The predicted octanol–water partition coefficient (Wildman–Crippen LogP) is 1.73. The SMILES string of the molecule is O=C(Cc1cccnc1)N1CCC[C@]2(CCN([C@H]3CCOC3)C2)C1. The summed E-state index contributed by atoms with van der Waals surface area (Å²) in [6.45, 7) is 5.93. The van der Waals surface area contributed by atoms with E-state index in [0.29, 0.717) is 17.9 Å². The van der Waals surface area contributed by atoms with Gasteiger partial charge < -0.3 is 9.64 Å². The third-order valence-electron chi connectivity index (χ3n) is 5.98. The summed E-state index contributed by atoms with van der Waals surface area (Å²) < 4.78 is 5.56. The molecule has 4 heterocycles. The van der Waals surface area contributed by atoms with Crippen LogP contribution in [0, 0.1) is 5.41 Å². The number of hydrogen-bond acceptors (Lipinski definition) is 4. The summed E-state index contributed by atoms with van der Waals surface area (Å²) in [7, 11) is 0. The highest BCUT2D eigenvalue weighted by molar-refractivity contribution is 5.78. The van der Waals surface area contributed by atoms with Crippen LogP contribution in [-0.2, 0) is 16.0 Å². The summed E-state index contributed by atoms with van der Waals surface area (Å²) in [6, 6.07) is 4.49. The van der Waals surface area contributed by atoms with Crippen LogP contribution in [0.5, 0.6) is 0 Å². The van der Waals surface area contributed by atoms with E-state index in [1.807, 2.05) is 12.1 Å². The van der Waals surface area contributed by atoms with Gasteiger partial charge >= 0.3 is 0 Å². The topological polar surface area (TPSA) is 45.7 Å². The fraction of sp³-hybridized carbons (Fsp3) is 0.684. The van der Waals surface area contributed by atoms with E-state index in [1.165, 1.54) is 25.8 Å². The Kier molecular flexibility index (Phi) is 4.55. The van der Waals surface area contributed by atoms with E-state index in [0.717, 1.165) is 44.8 Å². The average molecular weight is 329 g/mol. The first-order chi connectivity index (χ1) is 11.7. The van der Waals surface area contributed by atoms with Crippen LogP contribution < -0.4 is 0 Å². The van der Waals surface area contributed by atoms with Gasteiger partial charge in [-0.05, 0) is 43.9 Å². The number of hydrogen-bond donors (Lipinski definition) is 0. The van der Waals surface area contributed by atoms with Crippen LogP contribution >= 0.6 is 0 Å². The third kappa shape index (κ3) is 3.33. The van der Waals surface area contributed by atoms with Crippen LogP contribution in [0.2, 0.25) is 0 Å².